The number of amides is 1. The summed E-state index contributed by atoms with van der Waals surface area (Å²) in [5.74, 6) is 0.759. The van der Waals surface area contributed by atoms with Gasteiger partial charge in [-0.1, -0.05) is 11.6 Å². The fourth-order valence-electron chi connectivity index (χ4n) is 2.13. The van der Waals surface area contributed by atoms with Crippen LogP contribution in [0.4, 0.5) is 0 Å². The Bertz CT molecular complexity index is 634. The van der Waals surface area contributed by atoms with Crippen molar-refractivity contribution in [3.63, 3.8) is 0 Å². The van der Waals surface area contributed by atoms with Crippen LogP contribution in [0.5, 0.6) is 0 Å². The van der Waals surface area contributed by atoms with E-state index in [9.17, 15) is 13.2 Å². The van der Waals surface area contributed by atoms with Gasteiger partial charge in [0.15, 0.2) is 0 Å². The molecule has 0 unspecified atom stereocenters. The van der Waals surface area contributed by atoms with Crippen molar-refractivity contribution in [2.24, 2.45) is 0 Å². The molecule has 0 aliphatic carbocycles. The number of rotatable bonds is 5. The van der Waals surface area contributed by atoms with Crippen LogP contribution in [-0.4, -0.2) is 32.9 Å². The molecule has 0 spiro atoms. The minimum Gasteiger partial charge on any atom is -0.349 e. The minimum atomic E-state index is -3.26. The second-order valence-electron chi connectivity index (χ2n) is 4.86. The maximum atomic E-state index is 11.9. The van der Waals surface area contributed by atoms with Crippen LogP contribution in [0, 0.1) is 0 Å². The van der Waals surface area contributed by atoms with Gasteiger partial charge in [0.1, 0.15) is 0 Å². The molecule has 21 heavy (non-hydrogen) atoms. The maximum absolute atomic E-state index is 11.9. The van der Waals surface area contributed by atoms with Gasteiger partial charge in [-0.15, -0.1) is 11.8 Å². The first-order chi connectivity index (χ1) is 9.85. The highest BCUT2D eigenvalue weighted by atomic mass is 35.5. The smallest absolute Gasteiger partial charge is 0.221 e. The number of carbonyl (C=O) groups is 1. The van der Waals surface area contributed by atoms with Crippen molar-refractivity contribution in [2.75, 3.05) is 18.6 Å². The van der Waals surface area contributed by atoms with E-state index in [0.29, 0.717) is 5.02 Å². The number of nitrogens with one attached hydrogen (secondary N) is 2. The van der Waals surface area contributed by atoms with Crippen LogP contribution in [0.1, 0.15) is 24.4 Å². The van der Waals surface area contributed by atoms with Crippen molar-refractivity contribution >= 4 is 39.3 Å². The molecular weight excluding hydrogens is 332 g/mol. The van der Waals surface area contributed by atoms with E-state index in [0.717, 1.165) is 28.9 Å². The molecule has 0 fully saturated rings. The van der Waals surface area contributed by atoms with Gasteiger partial charge in [0.2, 0.25) is 15.9 Å². The summed E-state index contributed by atoms with van der Waals surface area (Å²) < 4.78 is 24.2. The van der Waals surface area contributed by atoms with Crippen molar-refractivity contribution in [3.8, 4) is 0 Å². The van der Waals surface area contributed by atoms with E-state index >= 15 is 0 Å². The zero-order chi connectivity index (χ0) is 15.5. The first-order valence-corrected chi connectivity index (χ1v) is 9.77. The summed E-state index contributed by atoms with van der Waals surface area (Å²) in [4.78, 5) is 13.0. The van der Waals surface area contributed by atoms with Crippen LogP contribution >= 0.6 is 23.4 Å². The van der Waals surface area contributed by atoms with Gasteiger partial charge >= 0.3 is 0 Å². The molecule has 2 rings (SSSR count). The highest BCUT2D eigenvalue weighted by Gasteiger charge is 2.22. The number of sulfonamides is 1. The summed E-state index contributed by atoms with van der Waals surface area (Å²) in [6.07, 6.45) is 2.03. The largest absolute Gasteiger partial charge is 0.349 e. The van der Waals surface area contributed by atoms with Gasteiger partial charge in [-0.2, -0.15) is 0 Å². The number of hydrogen-bond donors (Lipinski definition) is 2. The third-order valence-electron chi connectivity index (χ3n) is 3.06. The van der Waals surface area contributed by atoms with E-state index in [2.05, 4.69) is 10.0 Å². The summed E-state index contributed by atoms with van der Waals surface area (Å²) in [5, 5.41) is 3.59. The lowest BCUT2D eigenvalue weighted by molar-refractivity contribution is -0.121. The lowest BCUT2D eigenvalue weighted by Crippen LogP contribution is -2.33. The molecule has 5 nitrogen and oxygen atoms in total. The van der Waals surface area contributed by atoms with Gasteiger partial charge in [0.05, 0.1) is 12.3 Å². The molecule has 116 valence electrons. The number of thioether (sulfide) groups is 1. The molecular formula is C13H17ClN2O3S2. The van der Waals surface area contributed by atoms with E-state index in [4.69, 9.17) is 11.6 Å². The van der Waals surface area contributed by atoms with Crippen LogP contribution in [0.15, 0.2) is 23.1 Å². The second kappa shape index (κ2) is 7.00. The predicted molar refractivity (Wildman–Crippen MR) is 85.1 cm³/mol. The number of carbonyl (C=O) groups excluding carboxylic acids is 1. The Balaban J connectivity index is 1.95. The Hall–Kier alpha value is -0.760. The molecule has 0 saturated carbocycles. The molecule has 0 radical (unpaired) electrons. The normalized spacial score (nSPS) is 18.1. The van der Waals surface area contributed by atoms with E-state index < -0.39 is 10.0 Å². The quantitative estimate of drug-likeness (QED) is 0.852. The minimum absolute atomic E-state index is 0.0642. The van der Waals surface area contributed by atoms with Gasteiger partial charge in [0.25, 0.3) is 0 Å². The van der Waals surface area contributed by atoms with Crippen LogP contribution in [-0.2, 0) is 14.8 Å². The third-order valence-corrected chi connectivity index (χ3v) is 5.15. The Morgan fingerprint density at radius 2 is 2.24 bits per heavy atom. The van der Waals surface area contributed by atoms with Gasteiger partial charge in [-0.25, -0.2) is 13.1 Å². The number of hydrogen-bond acceptors (Lipinski definition) is 4. The van der Waals surface area contributed by atoms with Crippen molar-refractivity contribution in [1.29, 1.82) is 0 Å². The SMILES string of the molecule is CS(=O)(=O)NCCC(=O)N[C@@H]1CCSc2ccc(Cl)cc21. The lowest BCUT2D eigenvalue weighted by atomic mass is 10.0. The molecule has 1 aliphatic rings. The van der Waals surface area contributed by atoms with E-state index in [-0.39, 0.29) is 24.9 Å². The van der Waals surface area contributed by atoms with Crippen LogP contribution < -0.4 is 10.0 Å². The standard InChI is InChI=1S/C13H17ClN2O3S2/c1-21(18,19)15-6-4-13(17)16-11-5-7-20-12-3-2-9(14)8-10(11)12/h2-3,8,11,15H,4-7H2,1H3,(H,16,17)/t11-/m1/s1. The van der Waals surface area contributed by atoms with E-state index in [1.807, 2.05) is 18.2 Å². The first-order valence-electron chi connectivity index (χ1n) is 6.51. The number of benzene rings is 1. The molecule has 1 aromatic rings. The fourth-order valence-corrected chi connectivity index (χ4v) is 3.89. The lowest BCUT2D eigenvalue weighted by Gasteiger charge is -2.26. The third kappa shape index (κ3) is 5.18. The van der Waals surface area contributed by atoms with E-state index in [1.54, 1.807) is 11.8 Å². The van der Waals surface area contributed by atoms with Crippen LogP contribution in [0.3, 0.4) is 0 Å². The van der Waals surface area contributed by atoms with Gasteiger partial charge in [0, 0.05) is 28.6 Å². The van der Waals surface area contributed by atoms with E-state index in [1.165, 1.54) is 0 Å². The monoisotopic (exact) mass is 348 g/mol. The summed E-state index contributed by atoms with van der Waals surface area (Å²) in [6.45, 7) is 0.106. The van der Waals surface area contributed by atoms with Gasteiger partial charge in [-0.05, 0) is 30.2 Å². The molecule has 0 saturated heterocycles. The van der Waals surface area contributed by atoms with Crippen LogP contribution in [0.2, 0.25) is 5.02 Å². The predicted octanol–water partition coefficient (Wildman–Crippen LogP) is 1.93. The molecule has 1 aromatic carbocycles. The molecule has 1 aliphatic heterocycles. The summed E-state index contributed by atoms with van der Waals surface area (Å²) in [5.41, 5.74) is 1.03. The summed E-state index contributed by atoms with van der Waals surface area (Å²) in [7, 11) is -3.26. The summed E-state index contributed by atoms with van der Waals surface area (Å²) >= 11 is 7.76. The highest BCUT2D eigenvalue weighted by molar-refractivity contribution is 7.99. The zero-order valence-corrected chi connectivity index (χ0v) is 13.9. The Morgan fingerprint density at radius 1 is 1.48 bits per heavy atom. The van der Waals surface area contributed by atoms with Crippen molar-refractivity contribution in [3.05, 3.63) is 28.8 Å². The average Bonchev–Trinajstić information content (AvgIpc) is 2.38. The highest BCUT2D eigenvalue weighted by Crippen LogP contribution is 2.37. The molecule has 1 heterocycles. The topological polar surface area (TPSA) is 75.3 Å². The number of halogens is 1. The first kappa shape index (κ1) is 16.6. The molecule has 1 atom stereocenters. The number of fused-ring (bicyclic) bond motifs is 1. The molecule has 1 amide bonds. The van der Waals surface area contributed by atoms with Crippen molar-refractivity contribution in [1.82, 2.24) is 10.0 Å². The Kier molecular flexibility index (Phi) is 5.54. The van der Waals surface area contributed by atoms with Crippen molar-refractivity contribution in [2.45, 2.75) is 23.8 Å². The fraction of sp³-hybridized carbons (Fsp3) is 0.462. The van der Waals surface area contributed by atoms with Crippen molar-refractivity contribution < 1.29 is 13.2 Å². The summed E-state index contributed by atoms with van der Waals surface area (Å²) in [6, 6.07) is 5.62. The Labute approximate surface area is 133 Å². The molecule has 0 aromatic heterocycles. The average molecular weight is 349 g/mol. The van der Waals surface area contributed by atoms with Gasteiger partial charge < -0.3 is 5.32 Å². The van der Waals surface area contributed by atoms with Crippen LogP contribution in [0.25, 0.3) is 0 Å². The molecule has 2 N–H and O–H groups in total. The molecule has 8 heteroatoms. The Morgan fingerprint density at radius 3 is 2.95 bits per heavy atom. The second-order valence-corrected chi connectivity index (χ2v) is 8.26. The zero-order valence-electron chi connectivity index (χ0n) is 11.6. The van der Waals surface area contributed by atoms with Gasteiger partial charge in [-0.3, -0.25) is 4.79 Å². The maximum Gasteiger partial charge on any atom is 0.221 e. The molecule has 0 bridgehead atoms.